The fourth-order valence-corrected chi connectivity index (χ4v) is 3.13. The Morgan fingerprint density at radius 2 is 1.38 bits per heavy atom. The van der Waals surface area contributed by atoms with Gasteiger partial charge in [-0.05, 0) is 6.07 Å². The average Bonchev–Trinajstić information content (AvgIpc) is 2.76. The lowest BCUT2D eigenvalue weighted by Crippen LogP contribution is -2.29. The predicted molar refractivity (Wildman–Crippen MR) is 109 cm³/mol. The van der Waals surface area contributed by atoms with Crippen molar-refractivity contribution < 1.29 is 9.50 Å². The molecule has 0 amide bonds. The normalized spacial score (nSPS) is 11.9. The van der Waals surface area contributed by atoms with Crippen LogP contribution >= 0.6 is 0 Å². The zero-order valence-electron chi connectivity index (χ0n) is 15.4. The molecule has 0 bridgehead atoms. The van der Waals surface area contributed by atoms with Crippen molar-refractivity contribution in [3.8, 4) is 22.5 Å². The molecule has 0 fully saturated rings. The SMILES string of the molecule is O=c1nc(-c2ccccc2)c(-c2ccccc2)nn1C[C@@H](O)c1ccccc1F. The highest BCUT2D eigenvalue weighted by molar-refractivity contribution is 5.77. The van der Waals surface area contributed by atoms with E-state index >= 15 is 0 Å². The first-order chi connectivity index (χ1) is 14.1. The van der Waals surface area contributed by atoms with Gasteiger partial charge in [0.05, 0.1) is 6.54 Å². The van der Waals surface area contributed by atoms with Crippen molar-refractivity contribution in [1.82, 2.24) is 14.8 Å². The van der Waals surface area contributed by atoms with E-state index in [0.717, 1.165) is 15.8 Å². The lowest BCUT2D eigenvalue weighted by Gasteiger charge is -2.15. The van der Waals surface area contributed by atoms with Crippen molar-refractivity contribution in [3.63, 3.8) is 0 Å². The van der Waals surface area contributed by atoms with Crippen molar-refractivity contribution in [1.29, 1.82) is 0 Å². The number of hydrogen-bond donors (Lipinski definition) is 1. The maximum absolute atomic E-state index is 14.0. The van der Waals surface area contributed by atoms with Crippen LogP contribution in [0.5, 0.6) is 0 Å². The van der Waals surface area contributed by atoms with Gasteiger partial charge in [0.2, 0.25) is 0 Å². The highest BCUT2D eigenvalue weighted by atomic mass is 19.1. The molecule has 0 radical (unpaired) electrons. The zero-order valence-corrected chi connectivity index (χ0v) is 15.4. The lowest BCUT2D eigenvalue weighted by molar-refractivity contribution is 0.144. The molecule has 0 spiro atoms. The van der Waals surface area contributed by atoms with E-state index in [2.05, 4.69) is 10.1 Å². The Labute approximate surface area is 166 Å². The van der Waals surface area contributed by atoms with Crippen LogP contribution in [-0.2, 0) is 6.54 Å². The number of aromatic nitrogens is 3. The Morgan fingerprint density at radius 1 is 0.828 bits per heavy atom. The van der Waals surface area contributed by atoms with Crippen LogP contribution in [0.15, 0.2) is 89.7 Å². The van der Waals surface area contributed by atoms with Crippen molar-refractivity contribution in [3.05, 3.63) is 107 Å². The summed E-state index contributed by atoms with van der Waals surface area (Å²) in [5.41, 5.74) is 2.01. The third-order valence-corrected chi connectivity index (χ3v) is 4.58. The molecule has 4 aromatic rings. The number of nitrogens with zero attached hydrogens (tertiary/aromatic N) is 3. The second-order valence-electron chi connectivity index (χ2n) is 6.54. The van der Waals surface area contributed by atoms with E-state index in [1.54, 1.807) is 12.1 Å². The first kappa shape index (κ1) is 18.7. The summed E-state index contributed by atoms with van der Waals surface area (Å²) < 4.78 is 15.1. The standard InChI is InChI=1S/C23H18FN3O2/c24-19-14-8-7-13-18(19)20(28)15-27-23(29)25-21(16-9-3-1-4-10-16)22(26-27)17-11-5-2-6-12-17/h1-14,20,28H,15H2/t20-/m1/s1. The molecular formula is C23H18FN3O2. The van der Waals surface area contributed by atoms with Gasteiger partial charge in [0.15, 0.2) is 0 Å². The summed E-state index contributed by atoms with van der Waals surface area (Å²) in [7, 11) is 0. The van der Waals surface area contributed by atoms with Crippen LogP contribution in [0, 0.1) is 5.82 Å². The van der Waals surface area contributed by atoms with Crippen LogP contribution in [-0.4, -0.2) is 19.9 Å². The molecule has 1 atom stereocenters. The largest absolute Gasteiger partial charge is 0.386 e. The van der Waals surface area contributed by atoms with E-state index in [1.807, 2.05) is 60.7 Å². The summed E-state index contributed by atoms with van der Waals surface area (Å²) in [6, 6.07) is 24.6. The highest BCUT2D eigenvalue weighted by Crippen LogP contribution is 2.27. The molecule has 0 saturated heterocycles. The maximum atomic E-state index is 14.0. The third-order valence-electron chi connectivity index (χ3n) is 4.58. The molecule has 6 heteroatoms. The number of aliphatic hydroxyl groups excluding tert-OH is 1. The van der Waals surface area contributed by atoms with Gasteiger partial charge in [0.25, 0.3) is 0 Å². The van der Waals surface area contributed by atoms with Gasteiger partial charge in [-0.3, -0.25) is 0 Å². The molecule has 0 aliphatic carbocycles. The minimum atomic E-state index is -1.23. The summed E-state index contributed by atoms with van der Waals surface area (Å²) in [6.07, 6.45) is -1.23. The number of rotatable bonds is 5. The smallest absolute Gasteiger partial charge is 0.364 e. The zero-order chi connectivity index (χ0) is 20.2. The average molecular weight is 387 g/mol. The summed E-state index contributed by atoms with van der Waals surface area (Å²) in [6.45, 7) is -0.207. The number of halogens is 1. The van der Waals surface area contributed by atoms with E-state index < -0.39 is 17.6 Å². The van der Waals surface area contributed by atoms with Gasteiger partial charge in [0, 0.05) is 16.7 Å². The van der Waals surface area contributed by atoms with Crippen molar-refractivity contribution in [2.24, 2.45) is 0 Å². The quantitative estimate of drug-likeness (QED) is 0.565. The van der Waals surface area contributed by atoms with Gasteiger partial charge in [0.1, 0.15) is 23.3 Å². The van der Waals surface area contributed by atoms with E-state index in [1.165, 1.54) is 12.1 Å². The molecule has 3 aromatic carbocycles. The van der Waals surface area contributed by atoms with Gasteiger partial charge in [-0.1, -0.05) is 78.9 Å². The summed E-state index contributed by atoms with van der Waals surface area (Å²) >= 11 is 0. The Balaban J connectivity index is 1.80. The summed E-state index contributed by atoms with van der Waals surface area (Å²) in [5.74, 6) is -0.537. The Kier molecular flexibility index (Phi) is 5.27. The fraction of sp³-hybridized carbons (Fsp3) is 0.0870. The number of hydrogen-bond acceptors (Lipinski definition) is 4. The molecule has 1 N–H and O–H groups in total. The molecule has 1 heterocycles. The molecule has 5 nitrogen and oxygen atoms in total. The van der Waals surface area contributed by atoms with E-state index in [4.69, 9.17) is 0 Å². The minimum Gasteiger partial charge on any atom is -0.386 e. The predicted octanol–water partition coefficient (Wildman–Crippen LogP) is 3.85. The Hall–Kier alpha value is -3.64. The topological polar surface area (TPSA) is 68.0 Å². The van der Waals surface area contributed by atoms with Crippen LogP contribution < -0.4 is 5.69 Å². The lowest BCUT2D eigenvalue weighted by atomic mass is 10.0. The van der Waals surface area contributed by atoms with Crippen LogP contribution in [0.4, 0.5) is 4.39 Å². The number of aliphatic hydroxyl groups is 1. The molecule has 0 aliphatic heterocycles. The van der Waals surface area contributed by atoms with Crippen molar-refractivity contribution in [2.75, 3.05) is 0 Å². The number of benzene rings is 3. The molecular weight excluding hydrogens is 369 g/mol. The van der Waals surface area contributed by atoms with Crippen molar-refractivity contribution >= 4 is 0 Å². The third kappa shape index (κ3) is 3.97. The van der Waals surface area contributed by atoms with Crippen LogP contribution in [0.2, 0.25) is 0 Å². The van der Waals surface area contributed by atoms with Crippen LogP contribution in [0.25, 0.3) is 22.5 Å². The van der Waals surface area contributed by atoms with E-state index in [9.17, 15) is 14.3 Å². The Morgan fingerprint density at radius 3 is 2.00 bits per heavy atom. The minimum absolute atomic E-state index is 0.106. The van der Waals surface area contributed by atoms with Gasteiger partial charge in [-0.2, -0.15) is 10.1 Å². The summed E-state index contributed by atoms with van der Waals surface area (Å²) in [4.78, 5) is 16.9. The maximum Gasteiger partial charge on any atom is 0.364 e. The second kappa shape index (κ2) is 8.16. The first-order valence-electron chi connectivity index (χ1n) is 9.16. The molecule has 144 valence electrons. The highest BCUT2D eigenvalue weighted by Gasteiger charge is 2.18. The van der Waals surface area contributed by atoms with Gasteiger partial charge >= 0.3 is 5.69 Å². The molecule has 0 aliphatic rings. The summed E-state index contributed by atoms with van der Waals surface area (Å²) in [5, 5.41) is 14.9. The molecule has 0 saturated carbocycles. The van der Waals surface area contributed by atoms with Crippen LogP contribution in [0.1, 0.15) is 11.7 Å². The van der Waals surface area contributed by atoms with E-state index in [-0.39, 0.29) is 12.1 Å². The van der Waals surface area contributed by atoms with Gasteiger partial charge < -0.3 is 5.11 Å². The molecule has 0 unspecified atom stereocenters. The second-order valence-corrected chi connectivity index (χ2v) is 6.54. The van der Waals surface area contributed by atoms with E-state index in [0.29, 0.717) is 11.4 Å². The van der Waals surface area contributed by atoms with Gasteiger partial charge in [-0.25, -0.2) is 13.9 Å². The monoisotopic (exact) mass is 387 g/mol. The van der Waals surface area contributed by atoms with Crippen molar-refractivity contribution in [2.45, 2.75) is 12.6 Å². The van der Waals surface area contributed by atoms with Gasteiger partial charge in [-0.15, -0.1) is 0 Å². The molecule has 29 heavy (non-hydrogen) atoms. The Bertz CT molecular complexity index is 1180. The molecule has 1 aromatic heterocycles. The molecule has 4 rings (SSSR count). The first-order valence-corrected chi connectivity index (χ1v) is 9.16. The fourth-order valence-electron chi connectivity index (χ4n) is 3.13. The van der Waals surface area contributed by atoms with Crippen LogP contribution in [0.3, 0.4) is 0 Å².